The first-order valence-electron chi connectivity index (χ1n) is 7.12. The highest BCUT2D eigenvalue weighted by Crippen LogP contribution is 2.23. The molecule has 0 fully saturated rings. The van der Waals surface area contributed by atoms with E-state index < -0.39 is 0 Å². The zero-order chi connectivity index (χ0) is 17.1. The Hall–Kier alpha value is -2.26. The molecule has 24 heavy (non-hydrogen) atoms. The predicted molar refractivity (Wildman–Crippen MR) is 96.7 cm³/mol. The summed E-state index contributed by atoms with van der Waals surface area (Å²) in [7, 11) is 3.53. The number of carbonyl (C=O) groups is 1. The van der Waals surface area contributed by atoms with E-state index in [-0.39, 0.29) is 6.03 Å². The van der Waals surface area contributed by atoms with Crippen LogP contribution in [0.2, 0.25) is 0 Å². The van der Waals surface area contributed by atoms with Crippen molar-refractivity contribution < 1.29 is 4.79 Å². The summed E-state index contributed by atoms with van der Waals surface area (Å²) in [5, 5.41) is 14.3. The second-order valence-electron chi connectivity index (χ2n) is 5.20. The number of rotatable bonds is 4. The number of amides is 2. The Morgan fingerprint density at radius 2 is 2.21 bits per heavy atom. The number of aryl methyl sites for hydroxylation is 1. The first-order chi connectivity index (χ1) is 11.5. The maximum absolute atomic E-state index is 12.4. The summed E-state index contributed by atoms with van der Waals surface area (Å²) in [5.41, 5.74) is 1.53. The molecule has 0 spiro atoms. The maximum atomic E-state index is 12.4. The lowest BCUT2D eigenvalue weighted by atomic mass is 10.2. The van der Waals surface area contributed by atoms with E-state index in [9.17, 15) is 4.79 Å². The van der Waals surface area contributed by atoms with Crippen LogP contribution in [0.4, 0.5) is 10.5 Å². The van der Waals surface area contributed by atoms with Crippen molar-refractivity contribution in [3.8, 4) is 11.4 Å². The normalized spacial score (nSPS) is 10.6. The number of aromatic nitrogens is 4. The van der Waals surface area contributed by atoms with Crippen LogP contribution < -0.4 is 5.32 Å². The molecule has 0 unspecified atom stereocenters. The Bertz CT molecular complexity index is 861. The van der Waals surface area contributed by atoms with Crippen LogP contribution >= 0.6 is 27.3 Å². The molecule has 2 aromatic heterocycles. The van der Waals surface area contributed by atoms with Crippen molar-refractivity contribution in [2.45, 2.75) is 6.54 Å². The monoisotopic (exact) mass is 406 g/mol. The second-order valence-corrected chi connectivity index (χ2v) is 7.75. The van der Waals surface area contributed by atoms with E-state index in [1.807, 2.05) is 36.4 Å². The third kappa shape index (κ3) is 3.80. The fourth-order valence-corrected chi connectivity index (χ4v) is 3.71. The van der Waals surface area contributed by atoms with Crippen LogP contribution in [0.25, 0.3) is 11.4 Å². The molecule has 124 valence electrons. The standard InChI is InChI=1S/C15H15BrN6OS/c1-21(9-12-6-7-13(16)24-12)15(23)17-11-5-3-4-10(8-11)14-18-19-20-22(14)2/h3-8H,9H2,1-2H3,(H,17,23). The Kier molecular flexibility index (Phi) is 4.91. The molecule has 1 aromatic carbocycles. The summed E-state index contributed by atoms with van der Waals surface area (Å²) >= 11 is 5.04. The molecule has 0 aliphatic heterocycles. The Morgan fingerprint density at radius 1 is 1.38 bits per heavy atom. The average molecular weight is 407 g/mol. The number of urea groups is 1. The van der Waals surface area contributed by atoms with Gasteiger partial charge in [-0.15, -0.1) is 16.4 Å². The van der Waals surface area contributed by atoms with Crippen molar-refractivity contribution in [1.82, 2.24) is 25.1 Å². The van der Waals surface area contributed by atoms with Gasteiger partial charge >= 0.3 is 6.03 Å². The quantitative estimate of drug-likeness (QED) is 0.720. The minimum absolute atomic E-state index is 0.173. The summed E-state index contributed by atoms with van der Waals surface area (Å²) in [4.78, 5) is 15.1. The molecule has 0 bridgehead atoms. The lowest BCUT2D eigenvalue weighted by Crippen LogP contribution is -2.30. The van der Waals surface area contributed by atoms with Crippen LogP contribution in [0, 0.1) is 0 Å². The molecule has 0 aliphatic carbocycles. The fraction of sp³-hybridized carbons (Fsp3) is 0.200. The van der Waals surface area contributed by atoms with Gasteiger partial charge in [-0.3, -0.25) is 0 Å². The number of nitrogens with zero attached hydrogens (tertiary/aromatic N) is 5. The van der Waals surface area contributed by atoms with Crippen LogP contribution in [0.3, 0.4) is 0 Å². The zero-order valence-electron chi connectivity index (χ0n) is 13.1. The van der Waals surface area contributed by atoms with Crippen LogP contribution in [-0.2, 0) is 13.6 Å². The lowest BCUT2D eigenvalue weighted by Gasteiger charge is -2.17. The van der Waals surface area contributed by atoms with E-state index in [1.54, 1.807) is 35.0 Å². The van der Waals surface area contributed by atoms with E-state index in [4.69, 9.17) is 0 Å². The van der Waals surface area contributed by atoms with Crippen molar-refractivity contribution in [3.05, 3.63) is 45.1 Å². The zero-order valence-corrected chi connectivity index (χ0v) is 15.5. The van der Waals surface area contributed by atoms with Crippen molar-refractivity contribution in [2.75, 3.05) is 12.4 Å². The van der Waals surface area contributed by atoms with Gasteiger partial charge in [0.2, 0.25) is 0 Å². The van der Waals surface area contributed by atoms with Gasteiger partial charge in [0.05, 0.1) is 10.3 Å². The number of anilines is 1. The Balaban J connectivity index is 1.69. The molecule has 2 heterocycles. The first kappa shape index (κ1) is 16.6. The highest BCUT2D eigenvalue weighted by Gasteiger charge is 2.12. The van der Waals surface area contributed by atoms with Gasteiger partial charge in [0, 0.05) is 30.2 Å². The summed E-state index contributed by atoms with van der Waals surface area (Å²) in [5.74, 6) is 0.642. The summed E-state index contributed by atoms with van der Waals surface area (Å²) < 4.78 is 2.64. The van der Waals surface area contributed by atoms with Gasteiger partial charge in [0.25, 0.3) is 0 Å². The van der Waals surface area contributed by atoms with E-state index >= 15 is 0 Å². The lowest BCUT2D eigenvalue weighted by molar-refractivity contribution is 0.221. The average Bonchev–Trinajstić information content (AvgIpc) is 3.16. The first-order valence-corrected chi connectivity index (χ1v) is 8.73. The smallest absolute Gasteiger partial charge is 0.321 e. The molecule has 3 rings (SSSR count). The highest BCUT2D eigenvalue weighted by atomic mass is 79.9. The third-order valence-electron chi connectivity index (χ3n) is 3.36. The van der Waals surface area contributed by atoms with E-state index in [0.717, 1.165) is 14.2 Å². The van der Waals surface area contributed by atoms with Gasteiger partial charge in [-0.1, -0.05) is 12.1 Å². The Labute approximate surface area is 151 Å². The Morgan fingerprint density at radius 3 is 2.88 bits per heavy atom. The molecule has 1 N–H and O–H groups in total. The molecular weight excluding hydrogens is 392 g/mol. The van der Waals surface area contributed by atoms with Crippen LogP contribution in [-0.4, -0.2) is 38.2 Å². The fourth-order valence-electron chi connectivity index (χ4n) is 2.17. The summed E-state index contributed by atoms with van der Waals surface area (Å²) in [6.45, 7) is 0.551. The molecule has 9 heteroatoms. The molecular formula is C15H15BrN6OS. The number of hydrogen-bond acceptors (Lipinski definition) is 5. The SMILES string of the molecule is CN(Cc1ccc(Br)s1)C(=O)Nc1cccc(-c2nnnn2C)c1. The molecule has 2 amide bonds. The maximum Gasteiger partial charge on any atom is 0.321 e. The van der Waals surface area contributed by atoms with Crippen molar-refractivity contribution in [3.63, 3.8) is 0 Å². The number of benzene rings is 1. The topological polar surface area (TPSA) is 75.9 Å². The predicted octanol–water partition coefficient (Wildman–Crippen LogP) is 3.37. The molecule has 0 aliphatic rings. The van der Waals surface area contributed by atoms with Gasteiger partial charge in [-0.05, 0) is 50.6 Å². The molecule has 0 radical (unpaired) electrons. The van der Waals surface area contributed by atoms with Gasteiger partial charge in [0.1, 0.15) is 0 Å². The van der Waals surface area contributed by atoms with Crippen LogP contribution in [0.15, 0.2) is 40.2 Å². The number of thiophene rings is 1. The van der Waals surface area contributed by atoms with E-state index in [2.05, 4.69) is 36.8 Å². The van der Waals surface area contributed by atoms with Crippen LogP contribution in [0.5, 0.6) is 0 Å². The molecule has 0 atom stereocenters. The molecule has 0 saturated heterocycles. The number of tetrazole rings is 1. The molecule has 0 saturated carbocycles. The van der Waals surface area contributed by atoms with E-state index in [0.29, 0.717) is 18.1 Å². The number of halogens is 1. The number of hydrogen-bond donors (Lipinski definition) is 1. The summed E-state index contributed by atoms with van der Waals surface area (Å²) in [6.07, 6.45) is 0. The molecule has 7 nitrogen and oxygen atoms in total. The van der Waals surface area contributed by atoms with Crippen molar-refractivity contribution in [2.24, 2.45) is 7.05 Å². The number of carbonyl (C=O) groups excluding carboxylic acids is 1. The van der Waals surface area contributed by atoms with Gasteiger partial charge in [0.15, 0.2) is 5.82 Å². The van der Waals surface area contributed by atoms with Gasteiger partial charge in [-0.2, -0.15) is 0 Å². The second kappa shape index (κ2) is 7.10. The van der Waals surface area contributed by atoms with Gasteiger partial charge in [-0.25, -0.2) is 9.48 Å². The molecule has 3 aromatic rings. The highest BCUT2D eigenvalue weighted by molar-refractivity contribution is 9.11. The van der Waals surface area contributed by atoms with Gasteiger partial charge < -0.3 is 10.2 Å². The van der Waals surface area contributed by atoms with Crippen molar-refractivity contribution in [1.29, 1.82) is 0 Å². The minimum Gasteiger partial charge on any atom is -0.322 e. The van der Waals surface area contributed by atoms with Crippen molar-refractivity contribution >= 4 is 39.0 Å². The summed E-state index contributed by atoms with van der Waals surface area (Å²) in [6, 6.07) is 11.2. The van der Waals surface area contributed by atoms with E-state index in [1.165, 1.54) is 0 Å². The van der Waals surface area contributed by atoms with Crippen LogP contribution in [0.1, 0.15) is 4.88 Å². The third-order valence-corrected chi connectivity index (χ3v) is 4.97. The number of nitrogens with one attached hydrogen (secondary N) is 1. The minimum atomic E-state index is -0.173. The largest absolute Gasteiger partial charge is 0.322 e.